The lowest BCUT2D eigenvalue weighted by atomic mass is 9.99. The quantitative estimate of drug-likeness (QED) is 0.243. The Morgan fingerprint density at radius 3 is 2.61 bits per heavy atom. The number of aromatic nitrogens is 1. The van der Waals surface area contributed by atoms with Crippen molar-refractivity contribution in [1.82, 2.24) is 4.98 Å². The molecule has 0 saturated carbocycles. The number of hydrogen-bond donors (Lipinski definition) is 0. The summed E-state index contributed by atoms with van der Waals surface area (Å²) >= 11 is 0. The molecule has 0 bridgehead atoms. The zero-order valence-electron chi connectivity index (χ0n) is 19.2. The number of aryl methyl sites for hydroxylation is 2. The van der Waals surface area contributed by atoms with E-state index in [2.05, 4.69) is 45.0 Å². The number of furan rings is 1. The number of hydrogen-bond acceptors (Lipinski definition) is 4. The van der Waals surface area contributed by atoms with Crippen molar-refractivity contribution >= 4 is 27.9 Å². The van der Waals surface area contributed by atoms with E-state index in [1.54, 1.807) is 0 Å². The SMILES string of the molecule is Cc1ccc(-c2nc3cc(C(C)C)ccc3o2)cc1CCCC(=O)c1cc2ccccc2o1. The Labute approximate surface area is 193 Å². The lowest BCUT2D eigenvalue weighted by Crippen LogP contribution is -1.99. The molecule has 0 atom stereocenters. The molecule has 0 saturated heterocycles. The molecule has 2 aromatic heterocycles. The Bertz CT molecular complexity index is 1420. The molecule has 0 unspecified atom stereocenters. The molecule has 33 heavy (non-hydrogen) atoms. The van der Waals surface area contributed by atoms with E-state index in [-0.39, 0.29) is 5.78 Å². The van der Waals surface area contributed by atoms with Gasteiger partial charge in [-0.3, -0.25) is 4.79 Å². The first-order chi connectivity index (χ1) is 16.0. The van der Waals surface area contributed by atoms with E-state index in [1.165, 1.54) is 16.7 Å². The van der Waals surface area contributed by atoms with Crippen LogP contribution in [0.1, 0.15) is 59.9 Å². The number of Topliss-reactive ketones (excluding diaryl/α,β-unsaturated/α-hetero) is 1. The maximum Gasteiger partial charge on any atom is 0.227 e. The molecular formula is C29H27NO3. The van der Waals surface area contributed by atoms with Crippen molar-refractivity contribution in [2.45, 2.75) is 46.0 Å². The number of oxazole rings is 1. The van der Waals surface area contributed by atoms with Crippen molar-refractivity contribution in [1.29, 1.82) is 0 Å². The molecule has 2 heterocycles. The van der Waals surface area contributed by atoms with E-state index >= 15 is 0 Å². The normalized spacial score (nSPS) is 11.6. The smallest absolute Gasteiger partial charge is 0.227 e. The molecule has 0 fully saturated rings. The van der Waals surface area contributed by atoms with Crippen LogP contribution in [0, 0.1) is 6.92 Å². The number of para-hydroxylation sites is 1. The van der Waals surface area contributed by atoms with Gasteiger partial charge in [-0.05, 0) is 78.8 Å². The molecular weight excluding hydrogens is 410 g/mol. The van der Waals surface area contributed by atoms with E-state index in [9.17, 15) is 4.79 Å². The molecule has 4 heteroatoms. The Hall–Kier alpha value is -3.66. The molecule has 0 amide bonds. The minimum Gasteiger partial charge on any atom is -0.453 e. The van der Waals surface area contributed by atoms with Crippen LogP contribution in [0.2, 0.25) is 0 Å². The first-order valence-corrected chi connectivity index (χ1v) is 11.5. The number of ketones is 1. The molecule has 4 nitrogen and oxygen atoms in total. The van der Waals surface area contributed by atoms with Gasteiger partial charge in [0.05, 0.1) is 0 Å². The maximum absolute atomic E-state index is 12.6. The average molecular weight is 438 g/mol. The van der Waals surface area contributed by atoms with Gasteiger partial charge in [0.15, 0.2) is 17.1 Å². The van der Waals surface area contributed by atoms with Crippen LogP contribution in [0.25, 0.3) is 33.5 Å². The maximum atomic E-state index is 12.6. The highest BCUT2D eigenvalue weighted by Gasteiger charge is 2.14. The summed E-state index contributed by atoms with van der Waals surface area (Å²) < 4.78 is 11.8. The summed E-state index contributed by atoms with van der Waals surface area (Å²) in [4.78, 5) is 17.4. The van der Waals surface area contributed by atoms with Gasteiger partial charge in [-0.2, -0.15) is 0 Å². The third-order valence-corrected chi connectivity index (χ3v) is 6.22. The zero-order chi connectivity index (χ0) is 22.9. The second kappa shape index (κ2) is 8.70. The van der Waals surface area contributed by atoms with Crippen molar-refractivity contribution in [2.75, 3.05) is 0 Å². The molecule has 0 spiro atoms. The van der Waals surface area contributed by atoms with E-state index in [1.807, 2.05) is 42.5 Å². The van der Waals surface area contributed by atoms with Crippen molar-refractivity contribution < 1.29 is 13.6 Å². The van der Waals surface area contributed by atoms with Gasteiger partial charge in [0.2, 0.25) is 5.89 Å². The van der Waals surface area contributed by atoms with E-state index < -0.39 is 0 Å². The molecule has 0 N–H and O–H groups in total. The predicted molar refractivity (Wildman–Crippen MR) is 132 cm³/mol. The second-order valence-electron chi connectivity index (χ2n) is 8.97. The highest BCUT2D eigenvalue weighted by atomic mass is 16.3. The van der Waals surface area contributed by atoms with Gasteiger partial charge in [0, 0.05) is 17.4 Å². The summed E-state index contributed by atoms with van der Waals surface area (Å²) in [5.41, 5.74) is 7.05. The summed E-state index contributed by atoms with van der Waals surface area (Å²) in [5.74, 6) is 1.56. The molecule has 0 aliphatic heterocycles. The van der Waals surface area contributed by atoms with Crippen LogP contribution in [0.15, 0.2) is 75.6 Å². The first kappa shape index (κ1) is 21.2. The minimum atomic E-state index is 0.0416. The standard InChI is InChI=1S/C29H27NO3/c1-18(2)20-13-14-27-24(16-20)30-29(33-27)23-12-11-19(3)21(15-23)8-6-9-25(31)28-17-22-7-4-5-10-26(22)32-28/h4-5,7,10-18H,6,8-9H2,1-3H3. The topological polar surface area (TPSA) is 56.2 Å². The Balaban J connectivity index is 1.30. The summed E-state index contributed by atoms with van der Waals surface area (Å²) in [5, 5.41) is 0.961. The van der Waals surface area contributed by atoms with Crippen LogP contribution in [0.3, 0.4) is 0 Å². The lowest BCUT2D eigenvalue weighted by molar-refractivity contribution is 0.0955. The zero-order valence-corrected chi connectivity index (χ0v) is 19.2. The van der Waals surface area contributed by atoms with Crippen molar-refractivity contribution in [3.8, 4) is 11.5 Å². The minimum absolute atomic E-state index is 0.0416. The Morgan fingerprint density at radius 1 is 0.939 bits per heavy atom. The van der Waals surface area contributed by atoms with Crippen LogP contribution in [-0.4, -0.2) is 10.8 Å². The summed E-state index contributed by atoms with van der Waals surface area (Å²) in [7, 11) is 0. The highest BCUT2D eigenvalue weighted by Crippen LogP contribution is 2.29. The van der Waals surface area contributed by atoms with Crippen molar-refractivity contribution in [3.05, 3.63) is 89.2 Å². The molecule has 5 rings (SSSR count). The summed E-state index contributed by atoms with van der Waals surface area (Å²) in [6, 6.07) is 22.0. The average Bonchev–Trinajstić information content (AvgIpc) is 3.44. The van der Waals surface area contributed by atoms with Gasteiger partial charge in [0.25, 0.3) is 0 Å². The molecule has 166 valence electrons. The fourth-order valence-electron chi connectivity index (χ4n) is 4.18. The third kappa shape index (κ3) is 4.34. The number of carbonyl (C=O) groups excluding carboxylic acids is 1. The number of carbonyl (C=O) groups is 1. The van der Waals surface area contributed by atoms with Gasteiger partial charge in [-0.15, -0.1) is 0 Å². The number of benzene rings is 3. The number of rotatable bonds is 7. The van der Waals surface area contributed by atoms with Crippen molar-refractivity contribution in [3.63, 3.8) is 0 Å². The fourth-order valence-corrected chi connectivity index (χ4v) is 4.18. The largest absolute Gasteiger partial charge is 0.453 e. The molecule has 5 aromatic rings. The predicted octanol–water partition coefficient (Wildman–Crippen LogP) is 7.88. The van der Waals surface area contributed by atoms with Gasteiger partial charge in [0.1, 0.15) is 11.1 Å². The fraction of sp³-hybridized carbons (Fsp3) is 0.241. The lowest BCUT2D eigenvalue weighted by Gasteiger charge is -2.07. The Kier molecular flexibility index (Phi) is 5.59. The van der Waals surface area contributed by atoms with Crippen molar-refractivity contribution in [2.24, 2.45) is 0 Å². The van der Waals surface area contributed by atoms with Gasteiger partial charge in [-0.25, -0.2) is 4.98 Å². The van der Waals surface area contributed by atoms with Crippen LogP contribution in [0.5, 0.6) is 0 Å². The van der Waals surface area contributed by atoms with E-state index in [4.69, 9.17) is 13.8 Å². The van der Waals surface area contributed by atoms with Crippen LogP contribution < -0.4 is 0 Å². The Morgan fingerprint density at radius 2 is 1.79 bits per heavy atom. The monoisotopic (exact) mass is 437 g/mol. The van der Waals surface area contributed by atoms with E-state index in [0.29, 0.717) is 24.0 Å². The van der Waals surface area contributed by atoms with Crippen LogP contribution >= 0.6 is 0 Å². The summed E-state index contributed by atoms with van der Waals surface area (Å²) in [6.07, 6.45) is 2.01. The van der Waals surface area contributed by atoms with Crippen LogP contribution in [-0.2, 0) is 6.42 Å². The van der Waals surface area contributed by atoms with Gasteiger partial charge < -0.3 is 8.83 Å². The molecule has 3 aromatic carbocycles. The summed E-state index contributed by atoms with van der Waals surface area (Å²) in [6.45, 7) is 6.45. The van der Waals surface area contributed by atoms with E-state index in [0.717, 1.165) is 40.5 Å². The number of fused-ring (bicyclic) bond motifs is 2. The number of nitrogens with zero attached hydrogens (tertiary/aromatic N) is 1. The second-order valence-corrected chi connectivity index (χ2v) is 8.97. The van der Waals surface area contributed by atoms with Gasteiger partial charge in [-0.1, -0.05) is 44.2 Å². The van der Waals surface area contributed by atoms with Gasteiger partial charge >= 0.3 is 0 Å². The first-order valence-electron chi connectivity index (χ1n) is 11.5. The third-order valence-electron chi connectivity index (χ3n) is 6.22. The molecule has 0 radical (unpaired) electrons. The molecule has 0 aliphatic carbocycles. The van der Waals surface area contributed by atoms with Crippen LogP contribution in [0.4, 0.5) is 0 Å². The molecule has 0 aliphatic rings. The highest BCUT2D eigenvalue weighted by molar-refractivity contribution is 5.97.